The summed E-state index contributed by atoms with van der Waals surface area (Å²) in [5, 5.41) is 13.1. The Kier molecular flexibility index (Phi) is 3.49. The molecular weight excluding hydrogens is 268 g/mol. The van der Waals surface area contributed by atoms with Gasteiger partial charge in [-0.25, -0.2) is 0 Å². The Bertz CT molecular complexity index is 640. The van der Waals surface area contributed by atoms with Crippen LogP contribution in [-0.4, -0.2) is 21.2 Å². The predicted molar refractivity (Wildman–Crippen MR) is 76.1 cm³/mol. The summed E-state index contributed by atoms with van der Waals surface area (Å²) in [5.74, 6) is -0.351. The van der Waals surface area contributed by atoms with Crippen LogP contribution in [0.25, 0.3) is 0 Å². The first-order valence-electron chi connectivity index (χ1n) is 7.19. The summed E-state index contributed by atoms with van der Waals surface area (Å²) in [6, 6.07) is 8.34. The fraction of sp³-hybridized carbons (Fsp3) is 0.438. The summed E-state index contributed by atoms with van der Waals surface area (Å²) in [6.07, 6.45) is 1.83. The van der Waals surface area contributed by atoms with Crippen molar-refractivity contribution in [3.05, 3.63) is 47.1 Å². The van der Waals surface area contributed by atoms with Gasteiger partial charge < -0.3 is 9.63 Å². The van der Waals surface area contributed by atoms with Crippen LogP contribution in [0.15, 0.2) is 28.8 Å². The van der Waals surface area contributed by atoms with Crippen molar-refractivity contribution in [2.24, 2.45) is 5.92 Å². The zero-order valence-electron chi connectivity index (χ0n) is 12.1. The second-order valence-electron chi connectivity index (χ2n) is 5.78. The SMILES string of the molecule is CC(C(=O)O)C(C)c1nc(C2Cc3ccccc3C2)no1. The van der Waals surface area contributed by atoms with Crippen molar-refractivity contribution in [3.8, 4) is 0 Å². The lowest BCUT2D eigenvalue weighted by molar-refractivity contribution is -0.141. The number of aliphatic carboxylic acids is 1. The first-order chi connectivity index (χ1) is 10.1. The zero-order chi connectivity index (χ0) is 15.0. The topological polar surface area (TPSA) is 76.2 Å². The van der Waals surface area contributed by atoms with Crippen molar-refractivity contribution < 1.29 is 14.4 Å². The molecule has 2 unspecified atom stereocenters. The number of carboxylic acids is 1. The van der Waals surface area contributed by atoms with Gasteiger partial charge >= 0.3 is 5.97 Å². The van der Waals surface area contributed by atoms with Crippen LogP contribution >= 0.6 is 0 Å². The third kappa shape index (κ3) is 2.55. The molecule has 2 aromatic rings. The highest BCUT2D eigenvalue weighted by atomic mass is 16.5. The zero-order valence-corrected chi connectivity index (χ0v) is 12.1. The van der Waals surface area contributed by atoms with Gasteiger partial charge in [0.15, 0.2) is 5.82 Å². The molecule has 0 spiro atoms. The van der Waals surface area contributed by atoms with Crippen LogP contribution in [-0.2, 0) is 17.6 Å². The number of hydrogen-bond donors (Lipinski definition) is 1. The van der Waals surface area contributed by atoms with E-state index in [0.29, 0.717) is 11.7 Å². The Hall–Kier alpha value is -2.17. The summed E-state index contributed by atoms with van der Waals surface area (Å²) >= 11 is 0. The first-order valence-corrected chi connectivity index (χ1v) is 7.19. The average Bonchev–Trinajstić information content (AvgIpc) is 3.11. The predicted octanol–water partition coefficient (Wildman–Crippen LogP) is 2.78. The first kappa shape index (κ1) is 13.8. The summed E-state index contributed by atoms with van der Waals surface area (Å²) in [6.45, 7) is 3.46. The maximum Gasteiger partial charge on any atom is 0.307 e. The van der Waals surface area contributed by atoms with Gasteiger partial charge in [0.2, 0.25) is 5.89 Å². The van der Waals surface area contributed by atoms with Crippen molar-refractivity contribution >= 4 is 5.97 Å². The maximum atomic E-state index is 11.0. The minimum absolute atomic E-state index is 0.229. The van der Waals surface area contributed by atoms with Gasteiger partial charge in [0.05, 0.1) is 5.92 Å². The number of rotatable bonds is 4. The van der Waals surface area contributed by atoms with E-state index in [1.54, 1.807) is 13.8 Å². The molecule has 0 saturated heterocycles. The maximum absolute atomic E-state index is 11.0. The van der Waals surface area contributed by atoms with Crippen LogP contribution in [0.3, 0.4) is 0 Å². The molecule has 1 aliphatic rings. The van der Waals surface area contributed by atoms with E-state index < -0.39 is 11.9 Å². The van der Waals surface area contributed by atoms with Gasteiger partial charge in [-0.1, -0.05) is 43.3 Å². The third-order valence-corrected chi connectivity index (χ3v) is 4.40. The molecule has 1 aromatic carbocycles. The van der Waals surface area contributed by atoms with Gasteiger partial charge in [-0.15, -0.1) is 0 Å². The van der Waals surface area contributed by atoms with Crippen LogP contribution in [0.1, 0.15) is 48.5 Å². The Balaban J connectivity index is 1.76. The molecule has 0 saturated carbocycles. The van der Waals surface area contributed by atoms with Gasteiger partial charge in [0.25, 0.3) is 0 Å². The summed E-state index contributed by atoms with van der Waals surface area (Å²) < 4.78 is 5.28. The normalized spacial score (nSPS) is 17.4. The monoisotopic (exact) mass is 286 g/mol. The van der Waals surface area contributed by atoms with E-state index in [4.69, 9.17) is 9.63 Å². The number of benzene rings is 1. The highest BCUT2D eigenvalue weighted by Gasteiger charge is 2.30. The van der Waals surface area contributed by atoms with E-state index in [1.807, 2.05) is 12.1 Å². The highest BCUT2D eigenvalue weighted by molar-refractivity contribution is 5.70. The van der Waals surface area contributed by atoms with Crippen molar-refractivity contribution in [1.29, 1.82) is 0 Å². The molecule has 21 heavy (non-hydrogen) atoms. The number of fused-ring (bicyclic) bond motifs is 1. The summed E-state index contributed by atoms with van der Waals surface area (Å²) in [5.41, 5.74) is 2.67. The number of hydrogen-bond acceptors (Lipinski definition) is 4. The van der Waals surface area contributed by atoms with Gasteiger partial charge in [-0.2, -0.15) is 4.98 Å². The molecule has 3 rings (SSSR count). The number of carboxylic acid groups (broad SMARTS) is 1. The molecule has 1 heterocycles. The summed E-state index contributed by atoms with van der Waals surface area (Å²) in [4.78, 5) is 15.5. The quantitative estimate of drug-likeness (QED) is 0.935. The van der Waals surface area contributed by atoms with E-state index in [-0.39, 0.29) is 11.8 Å². The molecule has 5 heteroatoms. The third-order valence-electron chi connectivity index (χ3n) is 4.40. The molecule has 5 nitrogen and oxygen atoms in total. The lowest BCUT2D eigenvalue weighted by atomic mass is 9.96. The van der Waals surface area contributed by atoms with E-state index in [1.165, 1.54) is 11.1 Å². The summed E-state index contributed by atoms with van der Waals surface area (Å²) in [7, 11) is 0. The largest absolute Gasteiger partial charge is 0.481 e. The molecular formula is C16H18N2O3. The second kappa shape index (κ2) is 5.31. The lowest BCUT2D eigenvalue weighted by Crippen LogP contribution is -2.17. The molecule has 1 N–H and O–H groups in total. The Morgan fingerprint density at radius 1 is 1.29 bits per heavy atom. The second-order valence-corrected chi connectivity index (χ2v) is 5.78. The van der Waals surface area contributed by atoms with Crippen molar-refractivity contribution in [2.45, 2.75) is 38.5 Å². The Morgan fingerprint density at radius 3 is 2.48 bits per heavy atom. The van der Waals surface area contributed by atoms with Crippen LogP contribution in [0.2, 0.25) is 0 Å². The molecule has 0 aliphatic heterocycles. The van der Waals surface area contributed by atoms with E-state index in [9.17, 15) is 4.79 Å². The van der Waals surface area contributed by atoms with Gasteiger partial charge in [-0.05, 0) is 24.0 Å². The molecule has 1 aromatic heterocycles. The van der Waals surface area contributed by atoms with E-state index >= 15 is 0 Å². The molecule has 0 bridgehead atoms. The fourth-order valence-corrected chi connectivity index (χ4v) is 2.77. The average molecular weight is 286 g/mol. The van der Waals surface area contributed by atoms with Crippen LogP contribution in [0.5, 0.6) is 0 Å². The number of aromatic nitrogens is 2. The van der Waals surface area contributed by atoms with Crippen LogP contribution < -0.4 is 0 Å². The van der Waals surface area contributed by atoms with E-state index in [0.717, 1.165) is 12.8 Å². The van der Waals surface area contributed by atoms with Gasteiger partial charge in [0.1, 0.15) is 0 Å². The van der Waals surface area contributed by atoms with Crippen LogP contribution in [0.4, 0.5) is 0 Å². The molecule has 110 valence electrons. The van der Waals surface area contributed by atoms with Crippen molar-refractivity contribution in [2.75, 3.05) is 0 Å². The Morgan fingerprint density at radius 2 is 1.90 bits per heavy atom. The van der Waals surface area contributed by atoms with Crippen molar-refractivity contribution in [3.63, 3.8) is 0 Å². The van der Waals surface area contributed by atoms with Gasteiger partial charge in [-0.3, -0.25) is 4.79 Å². The Labute approximate surface area is 123 Å². The molecule has 0 fully saturated rings. The van der Waals surface area contributed by atoms with Gasteiger partial charge in [0, 0.05) is 11.8 Å². The molecule has 0 amide bonds. The molecule has 2 atom stereocenters. The minimum Gasteiger partial charge on any atom is -0.481 e. The number of nitrogens with zero attached hydrogens (tertiary/aromatic N) is 2. The van der Waals surface area contributed by atoms with E-state index in [2.05, 4.69) is 22.3 Å². The highest BCUT2D eigenvalue weighted by Crippen LogP contribution is 2.33. The lowest BCUT2D eigenvalue weighted by Gasteiger charge is -2.10. The van der Waals surface area contributed by atoms with Crippen molar-refractivity contribution in [1.82, 2.24) is 10.1 Å². The standard InChI is InChI=1S/C16H18N2O3/c1-9(10(2)16(19)20)15-17-14(18-21-15)13-7-11-5-3-4-6-12(11)8-13/h3-6,9-10,13H,7-8H2,1-2H3,(H,19,20). The minimum atomic E-state index is -0.851. The van der Waals surface area contributed by atoms with Crippen LogP contribution in [0, 0.1) is 5.92 Å². The molecule has 0 radical (unpaired) electrons. The molecule has 1 aliphatic carbocycles. The fourth-order valence-electron chi connectivity index (χ4n) is 2.77. The smallest absolute Gasteiger partial charge is 0.307 e. The number of carbonyl (C=O) groups is 1.